The van der Waals surface area contributed by atoms with Crippen molar-refractivity contribution < 1.29 is 14.3 Å². The van der Waals surface area contributed by atoms with Crippen LogP contribution in [0.3, 0.4) is 0 Å². The zero-order valence-electron chi connectivity index (χ0n) is 16.1. The second-order valence-electron chi connectivity index (χ2n) is 6.22. The van der Waals surface area contributed by atoms with Crippen molar-refractivity contribution in [3.05, 3.63) is 47.3 Å². The van der Waals surface area contributed by atoms with E-state index in [4.69, 9.17) is 9.47 Å². The van der Waals surface area contributed by atoms with Gasteiger partial charge in [-0.3, -0.25) is 0 Å². The molecule has 27 heavy (non-hydrogen) atoms. The molecule has 0 radical (unpaired) electrons. The molecule has 1 aromatic carbocycles. The quantitative estimate of drug-likeness (QED) is 0.509. The van der Waals surface area contributed by atoms with E-state index < -0.39 is 5.97 Å². The molecule has 0 atom stereocenters. The number of nitrogens with one attached hydrogen (secondary N) is 1. The number of carbonyl (C=O) groups is 1. The molecule has 7 heteroatoms. The summed E-state index contributed by atoms with van der Waals surface area (Å²) in [4.78, 5) is 16.9. The van der Waals surface area contributed by atoms with Crippen molar-refractivity contribution >= 4 is 22.7 Å². The molecule has 0 bridgehead atoms. The van der Waals surface area contributed by atoms with Gasteiger partial charge in [0, 0.05) is 19.9 Å². The fourth-order valence-electron chi connectivity index (χ4n) is 2.94. The van der Waals surface area contributed by atoms with Crippen LogP contribution in [0.15, 0.2) is 30.5 Å². The summed E-state index contributed by atoms with van der Waals surface area (Å²) >= 11 is 0. The Hall–Kier alpha value is -2.93. The highest BCUT2D eigenvalue weighted by Crippen LogP contribution is 2.30. The smallest absolute Gasteiger partial charge is 0.341 e. The van der Waals surface area contributed by atoms with Crippen molar-refractivity contribution in [3.8, 4) is 5.69 Å². The maximum absolute atomic E-state index is 12.4. The van der Waals surface area contributed by atoms with E-state index in [1.165, 1.54) is 5.56 Å². The Morgan fingerprint density at radius 1 is 1.22 bits per heavy atom. The number of hydrogen-bond donors (Lipinski definition) is 1. The third kappa shape index (κ3) is 3.78. The van der Waals surface area contributed by atoms with Gasteiger partial charge in [0.15, 0.2) is 5.65 Å². The Kier molecular flexibility index (Phi) is 5.71. The number of hydrogen-bond acceptors (Lipinski definition) is 6. The predicted molar refractivity (Wildman–Crippen MR) is 105 cm³/mol. The van der Waals surface area contributed by atoms with Crippen LogP contribution in [0.25, 0.3) is 16.7 Å². The molecule has 0 aliphatic heterocycles. The molecule has 2 aromatic heterocycles. The number of fused-ring (bicyclic) bond motifs is 1. The summed E-state index contributed by atoms with van der Waals surface area (Å²) < 4.78 is 12.1. The normalized spacial score (nSPS) is 11.0. The number of ether oxygens (including phenoxy) is 2. The molecular formula is C20H24N4O3. The lowest BCUT2D eigenvalue weighted by molar-refractivity contribution is 0.0527. The first-order chi connectivity index (χ1) is 13.1. The summed E-state index contributed by atoms with van der Waals surface area (Å²) in [5, 5.41) is 8.75. The van der Waals surface area contributed by atoms with Gasteiger partial charge in [-0.15, -0.1) is 0 Å². The third-order valence-electron chi connectivity index (χ3n) is 4.25. The van der Waals surface area contributed by atoms with Crippen LogP contribution in [0.5, 0.6) is 0 Å². The number of carbonyl (C=O) groups excluding carboxylic acids is 1. The molecule has 0 amide bonds. The molecule has 0 aliphatic rings. The molecule has 0 saturated heterocycles. The van der Waals surface area contributed by atoms with Crippen LogP contribution in [0.2, 0.25) is 0 Å². The van der Waals surface area contributed by atoms with Gasteiger partial charge in [0.25, 0.3) is 0 Å². The van der Waals surface area contributed by atoms with Gasteiger partial charge in [-0.05, 0) is 32.9 Å². The van der Waals surface area contributed by atoms with Gasteiger partial charge in [0.1, 0.15) is 5.56 Å². The van der Waals surface area contributed by atoms with E-state index in [0.29, 0.717) is 36.7 Å². The van der Waals surface area contributed by atoms with Crippen LogP contribution < -0.4 is 5.32 Å². The number of nitrogens with zero attached hydrogens (tertiary/aromatic N) is 3. The molecule has 3 rings (SSSR count). The van der Waals surface area contributed by atoms with Gasteiger partial charge in [0.2, 0.25) is 0 Å². The maximum Gasteiger partial charge on any atom is 0.341 e. The van der Waals surface area contributed by atoms with E-state index in [1.54, 1.807) is 24.9 Å². The Morgan fingerprint density at radius 3 is 2.63 bits per heavy atom. The minimum atomic E-state index is -0.408. The van der Waals surface area contributed by atoms with E-state index in [9.17, 15) is 4.79 Å². The maximum atomic E-state index is 12.4. The molecule has 1 N–H and O–H groups in total. The Balaban J connectivity index is 2.16. The average Bonchev–Trinajstić information content (AvgIpc) is 3.00. The summed E-state index contributed by atoms with van der Waals surface area (Å²) in [7, 11) is 1.64. The highest BCUT2D eigenvalue weighted by molar-refractivity contribution is 6.05. The molecule has 0 fully saturated rings. The number of anilines is 1. The largest absolute Gasteiger partial charge is 0.462 e. The summed E-state index contributed by atoms with van der Waals surface area (Å²) in [5.74, 6) is -0.408. The van der Waals surface area contributed by atoms with Gasteiger partial charge in [0.05, 0.1) is 35.7 Å². The molecule has 142 valence electrons. The lowest BCUT2D eigenvalue weighted by Gasteiger charge is -2.13. The number of pyridine rings is 1. The number of methoxy groups -OCH3 is 1. The molecule has 0 saturated carbocycles. The van der Waals surface area contributed by atoms with Crippen molar-refractivity contribution in [2.24, 2.45) is 0 Å². The first kappa shape index (κ1) is 18.8. The van der Waals surface area contributed by atoms with Crippen molar-refractivity contribution in [2.75, 3.05) is 32.2 Å². The second-order valence-corrected chi connectivity index (χ2v) is 6.22. The standard InChI is InChI=1S/C20H24N4O3/c1-5-27-20(25)16-12-22-19-17(18(16)21-10-11-26-4)14(3)23-24(19)15-8-6-13(2)7-9-15/h6-9,12H,5,10-11H2,1-4H3,(H,21,22). The van der Waals surface area contributed by atoms with E-state index >= 15 is 0 Å². The lowest BCUT2D eigenvalue weighted by atomic mass is 10.1. The van der Waals surface area contributed by atoms with Gasteiger partial charge in [-0.2, -0.15) is 5.10 Å². The highest BCUT2D eigenvalue weighted by Gasteiger charge is 2.21. The molecule has 3 aromatic rings. The van der Waals surface area contributed by atoms with Crippen LogP contribution in [-0.2, 0) is 9.47 Å². The van der Waals surface area contributed by atoms with Crippen LogP contribution in [0.4, 0.5) is 5.69 Å². The Labute approximate surface area is 158 Å². The van der Waals surface area contributed by atoms with Gasteiger partial charge in [-0.1, -0.05) is 17.7 Å². The minimum absolute atomic E-state index is 0.302. The topological polar surface area (TPSA) is 78.3 Å². The van der Waals surface area contributed by atoms with E-state index in [1.807, 2.05) is 38.1 Å². The monoisotopic (exact) mass is 368 g/mol. The summed E-state index contributed by atoms with van der Waals surface area (Å²) in [6.07, 6.45) is 1.54. The van der Waals surface area contributed by atoms with Crippen molar-refractivity contribution in [1.82, 2.24) is 14.8 Å². The molecule has 7 nitrogen and oxygen atoms in total. The van der Waals surface area contributed by atoms with Crippen molar-refractivity contribution in [3.63, 3.8) is 0 Å². The Morgan fingerprint density at radius 2 is 1.96 bits per heavy atom. The number of aromatic nitrogens is 3. The van der Waals surface area contributed by atoms with Crippen molar-refractivity contribution in [2.45, 2.75) is 20.8 Å². The average molecular weight is 368 g/mol. The van der Waals surface area contributed by atoms with E-state index in [0.717, 1.165) is 16.8 Å². The first-order valence-electron chi connectivity index (χ1n) is 8.92. The van der Waals surface area contributed by atoms with E-state index in [2.05, 4.69) is 15.4 Å². The first-order valence-corrected chi connectivity index (χ1v) is 8.92. The highest BCUT2D eigenvalue weighted by atomic mass is 16.5. The summed E-state index contributed by atoms with van der Waals surface area (Å²) in [6, 6.07) is 8.06. The third-order valence-corrected chi connectivity index (χ3v) is 4.25. The number of benzene rings is 1. The summed E-state index contributed by atoms with van der Waals surface area (Å²) in [5.41, 5.74) is 4.62. The molecule has 0 aliphatic carbocycles. The second kappa shape index (κ2) is 8.18. The number of esters is 1. The van der Waals surface area contributed by atoms with Gasteiger partial charge in [-0.25, -0.2) is 14.5 Å². The van der Waals surface area contributed by atoms with Crippen LogP contribution in [0, 0.1) is 13.8 Å². The van der Waals surface area contributed by atoms with Crippen LogP contribution in [-0.4, -0.2) is 47.6 Å². The minimum Gasteiger partial charge on any atom is -0.462 e. The van der Waals surface area contributed by atoms with E-state index in [-0.39, 0.29) is 0 Å². The number of aryl methyl sites for hydroxylation is 2. The zero-order chi connectivity index (χ0) is 19.4. The number of rotatable bonds is 7. The molecule has 2 heterocycles. The predicted octanol–water partition coefficient (Wildman–Crippen LogP) is 3.27. The SMILES string of the molecule is CCOC(=O)c1cnc2c(c(C)nn2-c2ccc(C)cc2)c1NCCOC. The molecule has 0 spiro atoms. The fraction of sp³-hybridized carbons (Fsp3) is 0.350. The molecule has 0 unspecified atom stereocenters. The van der Waals surface area contributed by atoms with Crippen molar-refractivity contribution in [1.29, 1.82) is 0 Å². The van der Waals surface area contributed by atoms with Crippen LogP contribution in [0.1, 0.15) is 28.5 Å². The zero-order valence-corrected chi connectivity index (χ0v) is 16.1. The molecular weight excluding hydrogens is 344 g/mol. The van der Waals surface area contributed by atoms with Crippen LogP contribution >= 0.6 is 0 Å². The Bertz CT molecular complexity index is 948. The van der Waals surface area contributed by atoms with Gasteiger partial charge >= 0.3 is 5.97 Å². The lowest BCUT2D eigenvalue weighted by Crippen LogP contribution is -2.14. The summed E-state index contributed by atoms with van der Waals surface area (Å²) in [6.45, 7) is 7.09. The van der Waals surface area contributed by atoms with Gasteiger partial charge < -0.3 is 14.8 Å². The fourth-order valence-corrected chi connectivity index (χ4v) is 2.94.